The minimum absolute atomic E-state index is 0.263. The number of hydrogen-bond donors (Lipinski definition) is 1. The summed E-state index contributed by atoms with van der Waals surface area (Å²) in [5, 5.41) is 0. The molecule has 6 nitrogen and oxygen atoms in total. The van der Waals surface area contributed by atoms with E-state index < -0.39 is 0 Å². The van der Waals surface area contributed by atoms with Gasteiger partial charge in [0.2, 0.25) is 0 Å². The molecule has 3 rings (SSSR count). The van der Waals surface area contributed by atoms with Crippen molar-refractivity contribution < 1.29 is 4.79 Å². The molecule has 0 aliphatic heterocycles. The van der Waals surface area contributed by atoms with Gasteiger partial charge in [0.15, 0.2) is 0 Å². The summed E-state index contributed by atoms with van der Waals surface area (Å²) in [6.45, 7) is 1.95. The smallest absolute Gasteiger partial charge is 0.267 e. The third kappa shape index (κ3) is 2.03. The second kappa shape index (κ2) is 4.49. The highest BCUT2D eigenvalue weighted by Gasteiger charge is 2.10. The summed E-state index contributed by atoms with van der Waals surface area (Å²) in [6, 6.07) is 3.73. The quantitative estimate of drug-likeness (QED) is 0.751. The minimum Gasteiger partial charge on any atom is -0.267 e. The van der Waals surface area contributed by atoms with Crippen molar-refractivity contribution in [1.82, 2.24) is 19.6 Å². The lowest BCUT2D eigenvalue weighted by Gasteiger charge is -2.06. The average molecular weight is 253 g/mol. The van der Waals surface area contributed by atoms with E-state index in [4.69, 9.17) is 0 Å². The number of fused-ring (bicyclic) bond motifs is 1. The van der Waals surface area contributed by atoms with Gasteiger partial charge in [0.1, 0.15) is 6.33 Å². The maximum absolute atomic E-state index is 12.0. The molecule has 0 aliphatic carbocycles. The number of nitrogens with zero attached hydrogens (tertiary/aromatic N) is 4. The molecule has 0 unspecified atom stereocenters. The molecule has 0 radical (unpaired) electrons. The average Bonchev–Trinajstić information content (AvgIpc) is 2.77. The third-order valence-corrected chi connectivity index (χ3v) is 2.79. The van der Waals surface area contributed by atoms with Gasteiger partial charge in [-0.25, -0.2) is 9.97 Å². The van der Waals surface area contributed by atoms with Crippen LogP contribution in [0.3, 0.4) is 0 Å². The Labute approximate surface area is 109 Å². The fourth-order valence-electron chi connectivity index (χ4n) is 1.90. The summed E-state index contributed by atoms with van der Waals surface area (Å²) < 4.78 is 1.66. The summed E-state index contributed by atoms with van der Waals surface area (Å²) in [7, 11) is 0. The Morgan fingerprint density at radius 3 is 2.89 bits per heavy atom. The van der Waals surface area contributed by atoms with Crippen molar-refractivity contribution in [1.29, 1.82) is 0 Å². The first kappa shape index (κ1) is 11.3. The van der Waals surface area contributed by atoms with Crippen LogP contribution in [0.25, 0.3) is 11.0 Å². The summed E-state index contributed by atoms with van der Waals surface area (Å²) in [5.41, 5.74) is 5.91. The number of amides is 1. The van der Waals surface area contributed by atoms with E-state index in [2.05, 4.69) is 20.4 Å². The first-order chi connectivity index (χ1) is 9.25. The zero-order chi connectivity index (χ0) is 13.2. The molecule has 0 aliphatic rings. The zero-order valence-electron chi connectivity index (χ0n) is 10.2. The van der Waals surface area contributed by atoms with Crippen LogP contribution in [-0.4, -0.2) is 25.5 Å². The first-order valence-corrected chi connectivity index (χ1v) is 5.75. The van der Waals surface area contributed by atoms with Gasteiger partial charge in [-0.2, -0.15) is 0 Å². The standard InChI is InChI=1S/C13H11N5O/c1-9-7-18(11-3-2-4-16-12(9)11)17-13(19)10-5-14-8-15-6-10/h2-8H,1H3,(H,17,19). The van der Waals surface area contributed by atoms with Gasteiger partial charge in [0.25, 0.3) is 5.91 Å². The van der Waals surface area contributed by atoms with Gasteiger partial charge in [0.05, 0.1) is 16.6 Å². The fourth-order valence-corrected chi connectivity index (χ4v) is 1.90. The monoisotopic (exact) mass is 253 g/mol. The Bertz CT molecular complexity index is 735. The fraction of sp³-hybridized carbons (Fsp3) is 0.0769. The van der Waals surface area contributed by atoms with Gasteiger partial charge in [-0.3, -0.25) is 19.9 Å². The largest absolute Gasteiger partial charge is 0.273 e. The van der Waals surface area contributed by atoms with E-state index in [0.717, 1.165) is 16.6 Å². The van der Waals surface area contributed by atoms with Crippen LogP contribution in [0.5, 0.6) is 0 Å². The van der Waals surface area contributed by atoms with Crippen molar-refractivity contribution >= 4 is 16.9 Å². The highest BCUT2D eigenvalue weighted by Crippen LogP contribution is 2.16. The van der Waals surface area contributed by atoms with Crippen LogP contribution in [0.15, 0.2) is 43.2 Å². The second-order valence-electron chi connectivity index (χ2n) is 4.12. The molecule has 1 N–H and O–H groups in total. The van der Waals surface area contributed by atoms with Gasteiger partial charge in [-0.1, -0.05) is 0 Å². The molecule has 0 fully saturated rings. The molecule has 1 amide bonds. The van der Waals surface area contributed by atoms with Gasteiger partial charge in [-0.15, -0.1) is 0 Å². The highest BCUT2D eigenvalue weighted by molar-refractivity contribution is 6.00. The van der Waals surface area contributed by atoms with E-state index in [0.29, 0.717) is 5.56 Å². The summed E-state index contributed by atoms with van der Waals surface area (Å²) in [4.78, 5) is 24.0. The molecule has 0 bridgehead atoms. The number of hydrogen-bond acceptors (Lipinski definition) is 4. The van der Waals surface area contributed by atoms with Crippen molar-refractivity contribution in [2.75, 3.05) is 5.43 Å². The molecule has 0 saturated heterocycles. The van der Waals surface area contributed by atoms with Crippen molar-refractivity contribution in [3.05, 3.63) is 54.4 Å². The van der Waals surface area contributed by atoms with Gasteiger partial charge in [-0.05, 0) is 24.6 Å². The number of nitrogens with one attached hydrogen (secondary N) is 1. The number of pyridine rings is 1. The van der Waals surface area contributed by atoms with Crippen LogP contribution in [0, 0.1) is 6.92 Å². The van der Waals surface area contributed by atoms with Gasteiger partial charge in [0, 0.05) is 24.8 Å². The molecular weight excluding hydrogens is 242 g/mol. The van der Waals surface area contributed by atoms with Crippen LogP contribution in [-0.2, 0) is 0 Å². The molecular formula is C13H11N5O. The third-order valence-electron chi connectivity index (χ3n) is 2.79. The van der Waals surface area contributed by atoms with Crippen molar-refractivity contribution in [3.63, 3.8) is 0 Å². The summed E-state index contributed by atoms with van der Waals surface area (Å²) in [6.07, 6.45) is 7.89. The molecule has 3 aromatic heterocycles. The Morgan fingerprint density at radius 1 is 1.32 bits per heavy atom. The van der Waals surface area contributed by atoms with E-state index >= 15 is 0 Å². The molecule has 94 valence electrons. The van der Waals surface area contributed by atoms with Crippen molar-refractivity contribution in [3.8, 4) is 0 Å². The van der Waals surface area contributed by atoms with Crippen LogP contribution < -0.4 is 5.43 Å². The van der Waals surface area contributed by atoms with Gasteiger partial charge < -0.3 is 0 Å². The maximum Gasteiger partial charge on any atom is 0.273 e. The number of rotatable bonds is 2. The van der Waals surface area contributed by atoms with E-state index in [9.17, 15) is 4.79 Å². The van der Waals surface area contributed by atoms with Crippen molar-refractivity contribution in [2.24, 2.45) is 0 Å². The molecule has 3 aromatic rings. The Kier molecular flexibility index (Phi) is 2.68. The number of aryl methyl sites for hydroxylation is 1. The maximum atomic E-state index is 12.0. The predicted molar refractivity (Wildman–Crippen MR) is 70.2 cm³/mol. The molecule has 19 heavy (non-hydrogen) atoms. The minimum atomic E-state index is -0.263. The predicted octanol–water partition coefficient (Wildman–Crippen LogP) is 1.52. The lowest BCUT2D eigenvalue weighted by atomic mass is 10.3. The Balaban J connectivity index is 1.96. The molecule has 0 spiro atoms. The number of carbonyl (C=O) groups excluding carboxylic acids is 1. The molecule has 6 heteroatoms. The van der Waals surface area contributed by atoms with Crippen LogP contribution >= 0.6 is 0 Å². The highest BCUT2D eigenvalue weighted by atomic mass is 16.2. The van der Waals surface area contributed by atoms with E-state index in [1.807, 2.05) is 25.3 Å². The van der Waals surface area contributed by atoms with E-state index in [-0.39, 0.29) is 5.91 Å². The first-order valence-electron chi connectivity index (χ1n) is 5.75. The Morgan fingerprint density at radius 2 is 2.11 bits per heavy atom. The van der Waals surface area contributed by atoms with E-state index in [1.165, 1.54) is 18.7 Å². The summed E-state index contributed by atoms with van der Waals surface area (Å²) >= 11 is 0. The normalized spacial score (nSPS) is 10.6. The number of aromatic nitrogens is 4. The number of carbonyl (C=O) groups is 1. The van der Waals surface area contributed by atoms with Crippen LogP contribution in [0.2, 0.25) is 0 Å². The van der Waals surface area contributed by atoms with Crippen LogP contribution in [0.4, 0.5) is 0 Å². The van der Waals surface area contributed by atoms with E-state index in [1.54, 1.807) is 10.9 Å². The zero-order valence-corrected chi connectivity index (χ0v) is 10.2. The summed E-state index contributed by atoms with van der Waals surface area (Å²) in [5.74, 6) is -0.263. The Hall–Kier alpha value is -2.76. The molecule has 0 atom stereocenters. The lowest BCUT2D eigenvalue weighted by Crippen LogP contribution is -2.22. The molecule has 0 saturated carbocycles. The van der Waals surface area contributed by atoms with Crippen molar-refractivity contribution in [2.45, 2.75) is 6.92 Å². The van der Waals surface area contributed by atoms with Gasteiger partial charge >= 0.3 is 0 Å². The molecule has 0 aromatic carbocycles. The molecule has 3 heterocycles. The SMILES string of the molecule is Cc1cn(NC(=O)c2cncnc2)c2cccnc12. The second-order valence-corrected chi connectivity index (χ2v) is 4.12. The van der Waals surface area contributed by atoms with Crippen LogP contribution in [0.1, 0.15) is 15.9 Å². The topological polar surface area (TPSA) is 72.7 Å². The lowest BCUT2D eigenvalue weighted by molar-refractivity contribution is 0.101.